The number of aryl methyl sites for hydroxylation is 1. The number of para-hydroxylation sites is 1. The van der Waals surface area contributed by atoms with Gasteiger partial charge < -0.3 is 14.8 Å². The first-order chi connectivity index (χ1) is 16.8. The predicted molar refractivity (Wildman–Crippen MR) is 139 cm³/mol. The number of pyridine rings is 1. The normalized spacial score (nSPS) is 16.9. The SMILES string of the molecule is O=C1NCCCc2c1c1ccccc1n2CCCCCCCN1CCN(c2ccccn2)CC1. The number of anilines is 1. The number of carbonyl (C=O) groups excluding carboxylic acids is 1. The van der Waals surface area contributed by atoms with Crippen LogP contribution < -0.4 is 10.2 Å². The highest BCUT2D eigenvalue weighted by molar-refractivity contribution is 6.08. The van der Waals surface area contributed by atoms with Crippen LogP contribution in [0, 0.1) is 0 Å². The molecule has 0 bridgehead atoms. The summed E-state index contributed by atoms with van der Waals surface area (Å²) < 4.78 is 2.43. The molecule has 1 amide bonds. The highest BCUT2D eigenvalue weighted by atomic mass is 16.1. The van der Waals surface area contributed by atoms with Crippen molar-refractivity contribution in [3.63, 3.8) is 0 Å². The van der Waals surface area contributed by atoms with E-state index in [9.17, 15) is 4.79 Å². The fourth-order valence-corrected chi connectivity index (χ4v) is 5.55. The lowest BCUT2D eigenvalue weighted by atomic mass is 10.1. The molecule has 0 aliphatic carbocycles. The maximum atomic E-state index is 12.7. The van der Waals surface area contributed by atoms with E-state index in [0.717, 1.165) is 68.9 Å². The number of amides is 1. The van der Waals surface area contributed by atoms with Crippen molar-refractivity contribution in [1.82, 2.24) is 19.8 Å². The number of aromatic nitrogens is 2. The van der Waals surface area contributed by atoms with Gasteiger partial charge in [0.25, 0.3) is 5.91 Å². The molecule has 1 fully saturated rings. The Morgan fingerprint density at radius 1 is 0.853 bits per heavy atom. The highest BCUT2D eigenvalue weighted by Gasteiger charge is 2.23. The van der Waals surface area contributed by atoms with Gasteiger partial charge >= 0.3 is 0 Å². The van der Waals surface area contributed by atoms with Crippen molar-refractivity contribution in [2.45, 2.75) is 51.5 Å². The number of benzene rings is 1. The Bertz CT molecular complexity index is 1080. The molecule has 6 nitrogen and oxygen atoms in total. The Balaban J connectivity index is 1.04. The molecule has 0 spiro atoms. The van der Waals surface area contributed by atoms with Crippen molar-refractivity contribution < 1.29 is 4.79 Å². The third-order valence-electron chi connectivity index (χ3n) is 7.38. The van der Waals surface area contributed by atoms with Crippen LogP contribution in [-0.2, 0) is 13.0 Å². The maximum absolute atomic E-state index is 12.7. The smallest absolute Gasteiger partial charge is 0.253 e. The molecule has 2 aromatic heterocycles. The molecule has 0 unspecified atom stereocenters. The Morgan fingerprint density at radius 2 is 1.62 bits per heavy atom. The van der Waals surface area contributed by atoms with Crippen molar-refractivity contribution in [3.05, 3.63) is 59.9 Å². The Kier molecular flexibility index (Phi) is 7.44. The van der Waals surface area contributed by atoms with Crippen LogP contribution in [0.25, 0.3) is 10.9 Å². The number of nitrogens with zero attached hydrogens (tertiary/aromatic N) is 4. The van der Waals surface area contributed by atoms with Crippen LogP contribution in [0.5, 0.6) is 0 Å². The van der Waals surface area contributed by atoms with Gasteiger partial charge in [0.15, 0.2) is 0 Å². The van der Waals surface area contributed by atoms with Crippen LogP contribution >= 0.6 is 0 Å². The van der Waals surface area contributed by atoms with Crippen molar-refractivity contribution >= 4 is 22.6 Å². The summed E-state index contributed by atoms with van der Waals surface area (Å²) in [4.78, 5) is 22.1. The van der Waals surface area contributed by atoms with E-state index in [1.54, 1.807) is 0 Å². The fourth-order valence-electron chi connectivity index (χ4n) is 5.55. The van der Waals surface area contributed by atoms with Gasteiger partial charge in [-0.15, -0.1) is 0 Å². The molecule has 1 N–H and O–H groups in total. The molecule has 2 aliphatic heterocycles. The molecule has 0 saturated carbocycles. The number of piperazine rings is 1. The Hall–Kier alpha value is -2.86. The number of hydrogen-bond acceptors (Lipinski definition) is 4. The number of fused-ring (bicyclic) bond motifs is 3. The molecule has 180 valence electrons. The van der Waals surface area contributed by atoms with Gasteiger partial charge in [0.05, 0.1) is 5.56 Å². The van der Waals surface area contributed by atoms with Gasteiger partial charge in [-0.3, -0.25) is 9.69 Å². The van der Waals surface area contributed by atoms with Gasteiger partial charge in [-0.25, -0.2) is 4.98 Å². The molecule has 3 aromatic rings. The summed E-state index contributed by atoms with van der Waals surface area (Å²) in [7, 11) is 0. The first-order valence-corrected chi connectivity index (χ1v) is 13.1. The highest BCUT2D eigenvalue weighted by Crippen LogP contribution is 2.29. The molecular formula is C28H37N5O. The van der Waals surface area contributed by atoms with Gasteiger partial charge in [0.2, 0.25) is 0 Å². The van der Waals surface area contributed by atoms with Crippen LogP contribution in [-0.4, -0.2) is 59.6 Å². The maximum Gasteiger partial charge on any atom is 0.253 e. The van der Waals surface area contributed by atoms with Crippen molar-refractivity contribution in [2.75, 3.05) is 44.2 Å². The van der Waals surface area contributed by atoms with Gasteiger partial charge in [-0.05, 0) is 50.4 Å². The average molecular weight is 460 g/mol. The molecule has 34 heavy (non-hydrogen) atoms. The Morgan fingerprint density at radius 3 is 2.44 bits per heavy atom. The third kappa shape index (κ3) is 5.12. The summed E-state index contributed by atoms with van der Waals surface area (Å²) in [5.74, 6) is 1.21. The minimum absolute atomic E-state index is 0.100. The van der Waals surface area contributed by atoms with E-state index in [4.69, 9.17) is 0 Å². The monoisotopic (exact) mass is 459 g/mol. The summed E-state index contributed by atoms with van der Waals surface area (Å²) >= 11 is 0. The lowest BCUT2D eigenvalue weighted by Crippen LogP contribution is -2.46. The molecule has 4 heterocycles. The van der Waals surface area contributed by atoms with E-state index < -0.39 is 0 Å². The topological polar surface area (TPSA) is 53.4 Å². The first kappa shape index (κ1) is 22.9. The largest absolute Gasteiger partial charge is 0.354 e. The standard InChI is InChI=1S/C28H37N5O/c34-28-27-23-11-4-5-12-24(23)33(25(27)13-10-16-30-28)18-9-3-1-2-8-17-31-19-21-32(22-20-31)26-14-6-7-15-29-26/h4-7,11-12,14-15H,1-3,8-10,13,16-22H2,(H,30,34). The van der Waals surface area contributed by atoms with Crippen LogP contribution in [0.4, 0.5) is 5.82 Å². The molecule has 0 atom stereocenters. The van der Waals surface area contributed by atoms with E-state index in [2.05, 4.69) is 55.0 Å². The zero-order valence-corrected chi connectivity index (χ0v) is 20.2. The van der Waals surface area contributed by atoms with Crippen LogP contribution in [0.3, 0.4) is 0 Å². The fraction of sp³-hybridized carbons (Fsp3) is 0.500. The second-order valence-electron chi connectivity index (χ2n) is 9.63. The van der Waals surface area contributed by atoms with E-state index >= 15 is 0 Å². The second kappa shape index (κ2) is 11.0. The van der Waals surface area contributed by atoms with E-state index in [1.165, 1.54) is 49.9 Å². The number of hydrogen-bond donors (Lipinski definition) is 1. The van der Waals surface area contributed by atoms with Gasteiger partial charge in [-0.1, -0.05) is 43.5 Å². The quantitative estimate of drug-likeness (QED) is 0.479. The van der Waals surface area contributed by atoms with Crippen molar-refractivity contribution in [3.8, 4) is 0 Å². The summed E-state index contributed by atoms with van der Waals surface area (Å²) in [5, 5.41) is 4.18. The van der Waals surface area contributed by atoms with E-state index in [0.29, 0.717) is 0 Å². The molecule has 6 heteroatoms. The van der Waals surface area contributed by atoms with Crippen LogP contribution in [0.1, 0.15) is 54.6 Å². The third-order valence-corrected chi connectivity index (χ3v) is 7.38. The zero-order valence-electron chi connectivity index (χ0n) is 20.2. The molecule has 2 aliphatic rings. The molecule has 0 radical (unpaired) electrons. The number of rotatable bonds is 9. The van der Waals surface area contributed by atoms with Gasteiger partial charge in [-0.2, -0.15) is 0 Å². The summed E-state index contributed by atoms with van der Waals surface area (Å²) in [6, 6.07) is 14.6. The number of nitrogens with one attached hydrogen (secondary N) is 1. The number of unbranched alkanes of at least 4 members (excludes halogenated alkanes) is 4. The average Bonchev–Trinajstić information content (AvgIpc) is 3.07. The van der Waals surface area contributed by atoms with Gasteiger partial charge in [0.1, 0.15) is 5.82 Å². The van der Waals surface area contributed by atoms with E-state index in [-0.39, 0.29) is 5.91 Å². The lowest BCUT2D eigenvalue weighted by molar-refractivity contribution is 0.0957. The molecule has 5 rings (SSSR count). The lowest BCUT2D eigenvalue weighted by Gasteiger charge is -2.35. The van der Waals surface area contributed by atoms with Crippen LogP contribution in [0.15, 0.2) is 48.7 Å². The molecule has 1 saturated heterocycles. The second-order valence-corrected chi connectivity index (χ2v) is 9.63. The predicted octanol–water partition coefficient (Wildman–Crippen LogP) is 4.49. The van der Waals surface area contributed by atoms with E-state index in [1.807, 2.05) is 18.3 Å². The van der Waals surface area contributed by atoms with Crippen molar-refractivity contribution in [2.24, 2.45) is 0 Å². The van der Waals surface area contributed by atoms with Crippen molar-refractivity contribution in [1.29, 1.82) is 0 Å². The summed E-state index contributed by atoms with van der Waals surface area (Å²) in [6.07, 6.45) is 10.2. The summed E-state index contributed by atoms with van der Waals surface area (Å²) in [6.45, 7) is 7.42. The van der Waals surface area contributed by atoms with Crippen LogP contribution in [0.2, 0.25) is 0 Å². The zero-order chi connectivity index (χ0) is 23.2. The molecule has 1 aromatic carbocycles. The van der Waals surface area contributed by atoms with Gasteiger partial charge in [0, 0.05) is 62.1 Å². The Labute approximate surface area is 203 Å². The summed E-state index contributed by atoms with van der Waals surface area (Å²) in [5.41, 5.74) is 3.37. The minimum atomic E-state index is 0.100. The molecular weight excluding hydrogens is 422 g/mol. The first-order valence-electron chi connectivity index (χ1n) is 13.1. The minimum Gasteiger partial charge on any atom is -0.354 e. The number of carbonyl (C=O) groups is 1.